The van der Waals surface area contributed by atoms with Crippen molar-refractivity contribution in [3.05, 3.63) is 126 Å². The maximum atomic E-state index is 13.3. The standard InChI is InChI=1S/C18H18FN3O2S.C14H9ClFNO2S/c19-15-1-6-18-14(13-15)7-10-22(18)25(23,24)17-4-2-16(3-5-17)21-11-8-20-9-12-21;15-11-1-4-13(5-2-11)20(18,19)17-8-7-10-9-12(16)3-6-14(10)17/h1-7,10,13,20H,8-9,11-12H2;1-9H. The minimum absolute atomic E-state index is 0.128. The molecule has 0 aliphatic carbocycles. The van der Waals surface area contributed by atoms with Crippen molar-refractivity contribution in [3.8, 4) is 0 Å². The quantitative estimate of drug-likeness (QED) is 0.239. The van der Waals surface area contributed by atoms with Crippen LogP contribution in [-0.2, 0) is 20.0 Å². The summed E-state index contributed by atoms with van der Waals surface area (Å²) in [5.41, 5.74) is 1.91. The number of aromatic nitrogens is 2. The van der Waals surface area contributed by atoms with Crippen LogP contribution in [0.25, 0.3) is 21.8 Å². The van der Waals surface area contributed by atoms with Gasteiger partial charge >= 0.3 is 0 Å². The van der Waals surface area contributed by atoms with Crippen molar-refractivity contribution in [2.24, 2.45) is 0 Å². The fourth-order valence-corrected chi connectivity index (χ4v) is 8.01. The van der Waals surface area contributed by atoms with Crippen LogP contribution in [0.1, 0.15) is 0 Å². The van der Waals surface area contributed by atoms with Gasteiger partial charge in [0.05, 0.1) is 20.8 Å². The number of hydrogen-bond acceptors (Lipinski definition) is 6. The van der Waals surface area contributed by atoms with E-state index in [2.05, 4.69) is 10.2 Å². The molecule has 0 saturated carbocycles. The highest BCUT2D eigenvalue weighted by atomic mass is 35.5. The van der Waals surface area contributed by atoms with Crippen LogP contribution in [0.3, 0.4) is 0 Å². The molecule has 1 saturated heterocycles. The largest absolute Gasteiger partial charge is 0.369 e. The smallest absolute Gasteiger partial charge is 0.268 e. The molecule has 2 aromatic heterocycles. The van der Waals surface area contributed by atoms with E-state index >= 15 is 0 Å². The predicted octanol–water partition coefficient (Wildman–Crippen LogP) is 6.10. The molecule has 4 aromatic carbocycles. The molecule has 0 bridgehead atoms. The van der Waals surface area contributed by atoms with Crippen molar-refractivity contribution in [2.45, 2.75) is 9.79 Å². The van der Waals surface area contributed by atoms with E-state index in [0.717, 1.165) is 35.8 Å². The molecule has 232 valence electrons. The molecule has 1 aliphatic heterocycles. The summed E-state index contributed by atoms with van der Waals surface area (Å²) >= 11 is 5.76. The van der Waals surface area contributed by atoms with Gasteiger partial charge in [0, 0.05) is 60.1 Å². The van der Waals surface area contributed by atoms with Gasteiger partial charge in [-0.2, -0.15) is 0 Å². The van der Waals surface area contributed by atoms with E-state index in [-0.39, 0.29) is 15.6 Å². The minimum atomic E-state index is -3.72. The second-order valence-corrected chi connectivity index (χ2v) is 14.4. The van der Waals surface area contributed by atoms with Gasteiger partial charge in [0.2, 0.25) is 0 Å². The molecule has 3 heterocycles. The Balaban J connectivity index is 0.000000163. The first-order chi connectivity index (χ1) is 21.5. The Morgan fingerprint density at radius 1 is 0.600 bits per heavy atom. The van der Waals surface area contributed by atoms with Crippen LogP contribution in [0.2, 0.25) is 5.02 Å². The highest BCUT2D eigenvalue weighted by Crippen LogP contribution is 2.26. The summed E-state index contributed by atoms with van der Waals surface area (Å²) < 4.78 is 79.7. The maximum Gasteiger partial charge on any atom is 0.268 e. The summed E-state index contributed by atoms with van der Waals surface area (Å²) in [6.07, 6.45) is 2.87. The van der Waals surface area contributed by atoms with Crippen LogP contribution >= 0.6 is 11.6 Å². The molecule has 0 amide bonds. The number of piperazine rings is 1. The van der Waals surface area contributed by atoms with Crippen molar-refractivity contribution in [3.63, 3.8) is 0 Å². The van der Waals surface area contributed by atoms with Crippen molar-refractivity contribution in [1.29, 1.82) is 0 Å². The maximum absolute atomic E-state index is 13.3. The highest BCUT2D eigenvalue weighted by molar-refractivity contribution is 7.90. The van der Waals surface area contributed by atoms with E-state index in [1.807, 2.05) is 12.1 Å². The SMILES string of the molecule is O=S(=O)(c1ccc(Cl)cc1)n1ccc2cc(F)ccc21.O=S(=O)(c1ccc(N2CCNCC2)cc1)n1ccc2cc(F)ccc21. The molecular weight excluding hydrogens is 642 g/mol. The van der Waals surface area contributed by atoms with Crippen LogP contribution < -0.4 is 10.2 Å². The third-order valence-electron chi connectivity index (χ3n) is 7.48. The molecular formula is C32H27ClF2N4O4S2. The zero-order valence-corrected chi connectivity index (χ0v) is 26.0. The second kappa shape index (κ2) is 12.3. The van der Waals surface area contributed by atoms with Gasteiger partial charge in [-0.15, -0.1) is 0 Å². The molecule has 7 rings (SSSR count). The molecule has 0 atom stereocenters. The van der Waals surface area contributed by atoms with E-state index in [1.54, 1.807) is 24.3 Å². The lowest BCUT2D eigenvalue weighted by molar-refractivity contribution is 0.586. The van der Waals surface area contributed by atoms with Gasteiger partial charge in [0.15, 0.2) is 0 Å². The first-order valence-electron chi connectivity index (χ1n) is 13.9. The van der Waals surface area contributed by atoms with E-state index < -0.39 is 25.9 Å². The van der Waals surface area contributed by atoms with E-state index in [9.17, 15) is 25.6 Å². The Morgan fingerprint density at radius 3 is 1.51 bits per heavy atom. The Bertz CT molecular complexity index is 2210. The Morgan fingerprint density at radius 2 is 1.04 bits per heavy atom. The normalized spacial score (nSPS) is 14.0. The van der Waals surface area contributed by atoms with Crippen LogP contribution in [0, 0.1) is 11.6 Å². The molecule has 1 aliphatic rings. The molecule has 1 fully saturated rings. The number of nitrogens with one attached hydrogen (secondary N) is 1. The zero-order valence-electron chi connectivity index (χ0n) is 23.6. The lowest BCUT2D eigenvalue weighted by Gasteiger charge is -2.29. The number of hydrogen-bond donors (Lipinski definition) is 1. The molecule has 1 N–H and O–H groups in total. The van der Waals surface area contributed by atoms with Crippen LogP contribution in [0.5, 0.6) is 0 Å². The molecule has 0 unspecified atom stereocenters. The minimum Gasteiger partial charge on any atom is -0.369 e. The fraction of sp³-hybridized carbons (Fsp3) is 0.125. The topological polar surface area (TPSA) is 93.4 Å². The Hall–Kier alpha value is -4.23. The summed E-state index contributed by atoms with van der Waals surface area (Å²) in [5, 5.41) is 4.84. The first kappa shape index (κ1) is 30.8. The number of benzene rings is 4. The summed E-state index contributed by atoms with van der Waals surface area (Å²) in [7, 11) is -7.44. The van der Waals surface area contributed by atoms with Gasteiger partial charge in [0.25, 0.3) is 20.0 Å². The number of fused-ring (bicyclic) bond motifs is 2. The number of rotatable bonds is 5. The zero-order chi connectivity index (χ0) is 31.8. The molecule has 6 aromatic rings. The number of anilines is 1. The molecule has 0 spiro atoms. The van der Waals surface area contributed by atoms with Gasteiger partial charge < -0.3 is 10.2 Å². The van der Waals surface area contributed by atoms with Crippen molar-refractivity contribution < 1.29 is 25.6 Å². The lowest BCUT2D eigenvalue weighted by atomic mass is 10.2. The van der Waals surface area contributed by atoms with Crippen LogP contribution in [0.15, 0.2) is 119 Å². The number of nitrogens with zero attached hydrogens (tertiary/aromatic N) is 3. The average molecular weight is 669 g/mol. The molecule has 13 heteroatoms. The van der Waals surface area contributed by atoms with Gasteiger partial charge in [0.1, 0.15) is 11.6 Å². The first-order valence-corrected chi connectivity index (χ1v) is 17.2. The van der Waals surface area contributed by atoms with E-state index in [0.29, 0.717) is 26.8 Å². The molecule has 8 nitrogen and oxygen atoms in total. The Kier molecular flexibility index (Phi) is 8.40. The van der Waals surface area contributed by atoms with Crippen LogP contribution in [-0.4, -0.2) is 51.0 Å². The second-order valence-electron chi connectivity index (χ2n) is 10.3. The van der Waals surface area contributed by atoms with Crippen molar-refractivity contribution >= 4 is 59.1 Å². The van der Waals surface area contributed by atoms with Gasteiger partial charge in [-0.25, -0.2) is 33.6 Å². The molecule has 0 radical (unpaired) electrons. The summed E-state index contributed by atoms with van der Waals surface area (Å²) in [5.74, 6) is -0.790. The summed E-state index contributed by atoms with van der Waals surface area (Å²) in [6.45, 7) is 3.65. The Labute approximate surface area is 264 Å². The van der Waals surface area contributed by atoms with Crippen molar-refractivity contribution in [2.75, 3.05) is 31.1 Å². The predicted molar refractivity (Wildman–Crippen MR) is 172 cm³/mol. The molecule has 45 heavy (non-hydrogen) atoms. The van der Waals surface area contributed by atoms with Crippen LogP contribution in [0.4, 0.5) is 14.5 Å². The summed E-state index contributed by atoms with van der Waals surface area (Å²) in [4.78, 5) is 2.57. The van der Waals surface area contributed by atoms with E-state index in [1.165, 1.54) is 77.0 Å². The monoisotopic (exact) mass is 668 g/mol. The third-order valence-corrected chi connectivity index (χ3v) is 11.1. The lowest BCUT2D eigenvalue weighted by Crippen LogP contribution is -2.43. The van der Waals surface area contributed by atoms with Gasteiger partial charge in [-0.1, -0.05) is 11.6 Å². The van der Waals surface area contributed by atoms with Gasteiger partial charge in [-0.05, 0) is 97.1 Å². The summed E-state index contributed by atoms with van der Waals surface area (Å²) in [6, 6.07) is 24.0. The van der Waals surface area contributed by atoms with E-state index in [4.69, 9.17) is 11.6 Å². The average Bonchev–Trinajstić information content (AvgIpc) is 3.67. The van der Waals surface area contributed by atoms with Gasteiger partial charge in [-0.3, -0.25) is 0 Å². The highest BCUT2D eigenvalue weighted by Gasteiger charge is 2.21. The number of halogens is 3. The fourth-order valence-electron chi connectivity index (χ4n) is 5.18. The third kappa shape index (κ3) is 6.19. The van der Waals surface area contributed by atoms with Crippen molar-refractivity contribution in [1.82, 2.24) is 13.3 Å².